The quantitative estimate of drug-likeness (QED) is 0.539. The summed E-state index contributed by atoms with van der Waals surface area (Å²) in [6.45, 7) is 2.12. The zero-order valence-electron chi connectivity index (χ0n) is 14.6. The van der Waals surface area contributed by atoms with Gasteiger partial charge in [0.25, 0.3) is 0 Å². The summed E-state index contributed by atoms with van der Waals surface area (Å²) in [6.07, 6.45) is -0.0534. The lowest BCUT2D eigenvalue weighted by atomic mass is 10.2. The van der Waals surface area contributed by atoms with Gasteiger partial charge in [0.15, 0.2) is 11.0 Å². The molecule has 0 spiro atoms. The normalized spacial score (nSPS) is 10.7. The van der Waals surface area contributed by atoms with Gasteiger partial charge in [0, 0.05) is 22.4 Å². The van der Waals surface area contributed by atoms with Crippen LogP contribution in [0.1, 0.15) is 17.8 Å². The molecule has 0 aliphatic rings. The van der Waals surface area contributed by atoms with Crippen molar-refractivity contribution >= 4 is 29.3 Å². The van der Waals surface area contributed by atoms with Crippen LogP contribution in [0.15, 0.2) is 53.7 Å². The van der Waals surface area contributed by atoms with Crippen molar-refractivity contribution in [3.05, 3.63) is 64.9 Å². The molecule has 140 valence electrons. The van der Waals surface area contributed by atoms with Crippen LogP contribution in [-0.4, -0.2) is 26.5 Å². The first-order valence-electron chi connectivity index (χ1n) is 8.26. The molecule has 27 heavy (non-hydrogen) atoms. The van der Waals surface area contributed by atoms with Gasteiger partial charge >= 0.3 is 0 Å². The average molecular weight is 403 g/mol. The Balaban J connectivity index is 1.82. The standard InChI is InChI=1S/C19H18ClN3O3S/c1-13-11-15(7-8-16(13)20)26-12-17-21-22-19(27-10-9-18(24)25)23(17)14-5-3-2-4-6-14/h2-8,11H,9-10,12H2,1H3,(H,24,25)/p-1. The van der Waals surface area contributed by atoms with E-state index < -0.39 is 5.97 Å². The molecule has 0 saturated heterocycles. The summed E-state index contributed by atoms with van der Waals surface area (Å²) >= 11 is 7.36. The number of benzene rings is 2. The Morgan fingerprint density at radius 2 is 2.00 bits per heavy atom. The number of hydrogen-bond acceptors (Lipinski definition) is 6. The number of aryl methyl sites for hydroxylation is 1. The van der Waals surface area contributed by atoms with Gasteiger partial charge in [-0.15, -0.1) is 10.2 Å². The SMILES string of the molecule is Cc1cc(OCc2nnc(SCCC(=O)[O-])n2-c2ccccc2)ccc1Cl. The molecule has 0 fully saturated rings. The maximum Gasteiger partial charge on any atom is 0.195 e. The molecular formula is C19H17ClN3O3S-. The Morgan fingerprint density at radius 3 is 2.70 bits per heavy atom. The van der Waals surface area contributed by atoms with E-state index >= 15 is 0 Å². The Bertz CT molecular complexity index is 931. The Labute approximate surface area is 166 Å². The third-order valence-electron chi connectivity index (χ3n) is 3.75. The second kappa shape index (κ2) is 8.92. The summed E-state index contributed by atoms with van der Waals surface area (Å²) in [5, 5.41) is 20.4. The summed E-state index contributed by atoms with van der Waals surface area (Å²) in [6, 6.07) is 15.1. The second-order valence-corrected chi connectivity index (χ2v) is 7.21. The third kappa shape index (κ3) is 5.02. The lowest BCUT2D eigenvalue weighted by Crippen LogP contribution is -2.22. The predicted molar refractivity (Wildman–Crippen MR) is 102 cm³/mol. The molecule has 0 amide bonds. The fourth-order valence-corrected chi connectivity index (χ4v) is 3.41. The zero-order valence-corrected chi connectivity index (χ0v) is 16.2. The van der Waals surface area contributed by atoms with E-state index in [1.807, 2.05) is 47.9 Å². The molecule has 8 heteroatoms. The highest BCUT2D eigenvalue weighted by molar-refractivity contribution is 7.99. The molecule has 3 aromatic rings. The smallest absolute Gasteiger partial charge is 0.195 e. The molecule has 0 radical (unpaired) electrons. The van der Waals surface area contributed by atoms with Crippen molar-refractivity contribution in [1.82, 2.24) is 14.8 Å². The lowest BCUT2D eigenvalue weighted by Gasteiger charge is -2.11. The van der Waals surface area contributed by atoms with Gasteiger partial charge in [-0.05, 0) is 49.2 Å². The Hall–Kier alpha value is -2.51. The number of hydrogen-bond donors (Lipinski definition) is 0. The third-order valence-corrected chi connectivity index (χ3v) is 5.10. The van der Waals surface area contributed by atoms with Gasteiger partial charge in [-0.3, -0.25) is 4.57 Å². The first-order chi connectivity index (χ1) is 13.0. The number of carbonyl (C=O) groups excluding carboxylic acids is 1. The van der Waals surface area contributed by atoms with Crippen molar-refractivity contribution in [2.45, 2.75) is 25.1 Å². The average Bonchev–Trinajstić information content (AvgIpc) is 3.06. The van der Waals surface area contributed by atoms with E-state index in [-0.39, 0.29) is 13.0 Å². The monoisotopic (exact) mass is 402 g/mol. The number of aliphatic carboxylic acids is 1. The first-order valence-corrected chi connectivity index (χ1v) is 9.62. The lowest BCUT2D eigenvalue weighted by molar-refractivity contribution is -0.305. The van der Waals surface area contributed by atoms with Gasteiger partial charge in [-0.2, -0.15) is 0 Å². The van der Waals surface area contributed by atoms with Crippen LogP contribution in [0.2, 0.25) is 5.02 Å². The summed E-state index contributed by atoms with van der Waals surface area (Å²) < 4.78 is 7.71. The van der Waals surface area contributed by atoms with Gasteiger partial charge in [0.1, 0.15) is 12.4 Å². The number of halogens is 1. The molecule has 0 bridgehead atoms. The number of ether oxygens (including phenoxy) is 1. The minimum absolute atomic E-state index is 0.0534. The number of thioether (sulfide) groups is 1. The number of rotatable bonds is 8. The van der Waals surface area contributed by atoms with Crippen LogP contribution in [0.25, 0.3) is 5.69 Å². The van der Waals surface area contributed by atoms with Crippen LogP contribution in [0.3, 0.4) is 0 Å². The first kappa shape index (κ1) is 19.3. The topological polar surface area (TPSA) is 80.1 Å². The van der Waals surface area contributed by atoms with Crippen LogP contribution < -0.4 is 9.84 Å². The molecule has 1 aromatic heterocycles. The van der Waals surface area contributed by atoms with E-state index in [1.54, 1.807) is 12.1 Å². The molecule has 2 aromatic carbocycles. The van der Waals surface area contributed by atoms with Crippen molar-refractivity contribution in [3.63, 3.8) is 0 Å². The molecular weight excluding hydrogens is 386 g/mol. The van der Waals surface area contributed by atoms with Crippen LogP contribution in [0, 0.1) is 6.92 Å². The molecule has 3 rings (SSSR count). The largest absolute Gasteiger partial charge is 0.550 e. The minimum Gasteiger partial charge on any atom is -0.550 e. The van der Waals surface area contributed by atoms with Crippen LogP contribution in [0.5, 0.6) is 5.75 Å². The van der Waals surface area contributed by atoms with Crippen molar-refractivity contribution < 1.29 is 14.6 Å². The van der Waals surface area contributed by atoms with Gasteiger partial charge in [0.05, 0.1) is 0 Å². The maximum absolute atomic E-state index is 10.7. The number of carboxylic acid groups (broad SMARTS) is 1. The molecule has 0 atom stereocenters. The Morgan fingerprint density at radius 1 is 1.22 bits per heavy atom. The highest BCUT2D eigenvalue weighted by atomic mass is 35.5. The fourth-order valence-electron chi connectivity index (χ4n) is 2.40. The van der Waals surface area contributed by atoms with E-state index in [1.165, 1.54) is 11.8 Å². The van der Waals surface area contributed by atoms with E-state index in [0.29, 0.717) is 27.5 Å². The van der Waals surface area contributed by atoms with Gasteiger partial charge in [-0.1, -0.05) is 41.6 Å². The fraction of sp³-hybridized carbons (Fsp3) is 0.211. The van der Waals surface area contributed by atoms with Crippen molar-refractivity contribution in [2.24, 2.45) is 0 Å². The van der Waals surface area contributed by atoms with Crippen LogP contribution >= 0.6 is 23.4 Å². The number of carboxylic acids is 1. The van der Waals surface area contributed by atoms with Gasteiger partial charge in [-0.25, -0.2) is 0 Å². The summed E-state index contributed by atoms with van der Waals surface area (Å²) in [5.74, 6) is 0.565. The van der Waals surface area contributed by atoms with E-state index in [2.05, 4.69) is 10.2 Å². The number of carbonyl (C=O) groups is 1. The molecule has 0 aliphatic carbocycles. The van der Waals surface area contributed by atoms with Crippen molar-refractivity contribution in [2.75, 3.05) is 5.75 Å². The predicted octanol–water partition coefficient (Wildman–Crippen LogP) is 3.04. The highest BCUT2D eigenvalue weighted by Gasteiger charge is 2.15. The molecule has 0 unspecified atom stereocenters. The van der Waals surface area contributed by atoms with Gasteiger partial charge in [0.2, 0.25) is 0 Å². The van der Waals surface area contributed by atoms with Crippen molar-refractivity contribution in [1.29, 1.82) is 0 Å². The van der Waals surface area contributed by atoms with E-state index in [0.717, 1.165) is 11.3 Å². The number of para-hydroxylation sites is 1. The minimum atomic E-state index is -1.09. The molecule has 1 heterocycles. The van der Waals surface area contributed by atoms with E-state index in [4.69, 9.17) is 16.3 Å². The van der Waals surface area contributed by atoms with Crippen LogP contribution in [-0.2, 0) is 11.4 Å². The van der Waals surface area contributed by atoms with Crippen LogP contribution in [0.4, 0.5) is 0 Å². The van der Waals surface area contributed by atoms with E-state index in [9.17, 15) is 9.90 Å². The molecule has 0 N–H and O–H groups in total. The Kier molecular flexibility index (Phi) is 6.36. The second-order valence-electron chi connectivity index (χ2n) is 5.74. The van der Waals surface area contributed by atoms with Crippen molar-refractivity contribution in [3.8, 4) is 11.4 Å². The molecule has 0 aliphatic heterocycles. The number of nitrogens with zero attached hydrogens (tertiary/aromatic N) is 3. The number of aromatic nitrogens is 3. The summed E-state index contributed by atoms with van der Waals surface area (Å²) in [4.78, 5) is 10.7. The van der Waals surface area contributed by atoms with Gasteiger partial charge < -0.3 is 14.6 Å². The molecule has 6 nitrogen and oxygen atoms in total. The summed E-state index contributed by atoms with van der Waals surface area (Å²) in [5.41, 5.74) is 1.81. The summed E-state index contributed by atoms with van der Waals surface area (Å²) in [7, 11) is 0. The maximum atomic E-state index is 10.7. The highest BCUT2D eigenvalue weighted by Crippen LogP contribution is 2.25. The zero-order chi connectivity index (χ0) is 19.2. The molecule has 0 saturated carbocycles.